The van der Waals surface area contributed by atoms with Crippen molar-refractivity contribution in [3.05, 3.63) is 12.7 Å². The van der Waals surface area contributed by atoms with Crippen molar-refractivity contribution in [1.29, 1.82) is 0 Å². The lowest BCUT2D eigenvalue weighted by atomic mass is 9.97. The smallest absolute Gasteiger partial charge is 0.246 e. The van der Waals surface area contributed by atoms with Gasteiger partial charge in [0.2, 0.25) is 5.91 Å². The molecule has 0 aromatic heterocycles. The fraction of sp³-hybridized carbons (Fsp3) is 0.625. The molecule has 2 nitrogen and oxygen atoms in total. The largest absolute Gasteiger partial charge is 0.328 e. The molecule has 0 unspecified atom stereocenters. The van der Waals surface area contributed by atoms with E-state index in [9.17, 15) is 4.79 Å². The summed E-state index contributed by atoms with van der Waals surface area (Å²) < 4.78 is 0. The third kappa shape index (κ3) is 0.618. The van der Waals surface area contributed by atoms with Crippen LogP contribution in [-0.2, 0) is 4.79 Å². The maximum atomic E-state index is 11.0. The quantitative estimate of drug-likeness (QED) is 0.386. The van der Waals surface area contributed by atoms with Gasteiger partial charge in [-0.05, 0) is 12.8 Å². The highest BCUT2D eigenvalue weighted by atomic mass is 16.2. The van der Waals surface area contributed by atoms with E-state index in [0.29, 0.717) is 11.8 Å². The summed E-state index contributed by atoms with van der Waals surface area (Å²) >= 11 is 0. The molecule has 2 heteroatoms. The Kier molecular flexibility index (Phi) is 1.10. The van der Waals surface area contributed by atoms with Gasteiger partial charge in [-0.15, -0.1) is 6.58 Å². The van der Waals surface area contributed by atoms with Gasteiger partial charge in [0.15, 0.2) is 0 Å². The summed E-state index contributed by atoms with van der Waals surface area (Å²) in [7, 11) is 0. The first-order valence-electron chi connectivity index (χ1n) is 3.77. The fourth-order valence-corrected chi connectivity index (χ4v) is 1.80. The van der Waals surface area contributed by atoms with E-state index in [1.165, 1.54) is 0 Å². The molecule has 0 radical (unpaired) electrons. The lowest BCUT2D eigenvalue weighted by molar-refractivity contribution is -0.113. The Hall–Kier alpha value is -0.790. The molecule has 54 valence electrons. The third-order valence-electron chi connectivity index (χ3n) is 2.45. The highest BCUT2D eigenvalue weighted by molar-refractivity contribution is 5.97. The number of carbonyl (C=O) groups excluding carboxylic acids is 1. The van der Waals surface area contributed by atoms with Crippen molar-refractivity contribution in [2.75, 3.05) is 6.54 Å². The number of piperidine rings is 1. The second kappa shape index (κ2) is 1.84. The normalized spacial score (nSPS) is 37.2. The van der Waals surface area contributed by atoms with E-state index < -0.39 is 0 Å². The number of fused-ring (bicyclic) bond motifs is 1. The topological polar surface area (TPSA) is 20.1 Å². The Morgan fingerprint density at radius 1 is 1.70 bits per heavy atom. The van der Waals surface area contributed by atoms with Crippen molar-refractivity contribution < 1.29 is 4.79 Å². The first-order valence-corrected chi connectivity index (χ1v) is 3.77. The average molecular weight is 137 g/mol. The highest BCUT2D eigenvalue weighted by Crippen LogP contribution is 2.35. The fourth-order valence-electron chi connectivity index (χ4n) is 1.80. The molecular formula is C8H11NO. The predicted molar refractivity (Wildman–Crippen MR) is 38.4 cm³/mol. The summed E-state index contributed by atoms with van der Waals surface area (Å²) in [6, 6.07) is 0.228. The van der Waals surface area contributed by atoms with Gasteiger partial charge >= 0.3 is 0 Å². The number of carbonyl (C=O) groups is 1. The van der Waals surface area contributed by atoms with E-state index >= 15 is 0 Å². The number of nitrogens with zero attached hydrogens (tertiary/aromatic N) is 1. The van der Waals surface area contributed by atoms with Crippen molar-refractivity contribution in [3.63, 3.8) is 0 Å². The molecule has 0 aromatic carbocycles. The van der Waals surface area contributed by atoms with Gasteiger partial charge < -0.3 is 4.90 Å². The minimum Gasteiger partial charge on any atom is -0.328 e. The molecule has 2 atom stereocenters. The number of amides is 1. The summed E-state index contributed by atoms with van der Waals surface area (Å²) in [5.41, 5.74) is 0. The van der Waals surface area contributed by atoms with E-state index in [-0.39, 0.29) is 6.04 Å². The monoisotopic (exact) mass is 137 g/mol. The molecule has 2 aliphatic heterocycles. The molecule has 10 heavy (non-hydrogen) atoms. The van der Waals surface area contributed by atoms with Crippen LogP contribution in [0.1, 0.15) is 12.8 Å². The molecular weight excluding hydrogens is 126 g/mol. The van der Waals surface area contributed by atoms with Crippen LogP contribution >= 0.6 is 0 Å². The predicted octanol–water partition coefficient (Wildman–Crippen LogP) is 0.793. The first-order chi connectivity index (χ1) is 4.84. The molecule has 2 saturated heterocycles. The van der Waals surface area contributed by atoms with E-state index in [4.69, 9.17) is 0 Å². The van der Waals surface area contributed by atoms with Gasteiger partial charge in [-0.2, -0.15) is 0 Å². The van der Waals surface area contributed by atoms with Gasteiger partial charge in [-0.3, -0.25) is 4.79 Å². The van der Waals surface area contributed by atoms with E-state index in [1.54, 1.807) is 0 Å². The van der Waals surface area contributed by atoms with Crippen molar-refractivity contribution >= 4 is 5.91 Å². The summed E-state index contributed by atoms with van der Waals surface area (Å²) in [4.78, 5) is 12.9. The van der Waals surface area contributed by atoms with Crippen LogP contribution in [0.3, 0.4) is 0 Å². The van der Waals surface area contributed by atoms with Crippen LogP contribution in [0.4, 0.5) is 0 Å². The van der Waals surface area contributed by atoms with Crippen LogP contribution in [0.15, 0.2) is 12.7 Å². The molecule has 0 N–H and O–H groups in total. The first kappa shape index (κ1) is 5.96. The van der Waals surface area contributed by atoms with Crippen molar-refractivity contribution in [2.45, 2.75) is 18.9 Å². The standard InChI is InChI=1S/C8H11NO/c1-2-6-4-3-5-9-7(6)8(9)10/h2,6-7H,1,3-5H2/t6-,7-,9?/m0/s1. The molecule has 0 spiro atoms. The average Bonchev–Trinajstić information content (AvgIpc) is 2.63. The van der Waals surface area contributed by atoms with Gasteiger partial charge in [-0.1, -0.05) is 6.08 Å². The van der Waals surface area contributed by atoms with Gasteiger partial charge in [0.05, 0.1) is 0 Å². The van der Waals surface area contributed by atoms with Crippen LogP contribution in [0.2, 0.25) is 0 Å². The van der Waals surface area contributed by atoms with Crippen molar-refractivity contribution in [1.82, 2.24) is 4.90 Å². The summed E-state index contributed by atoms with van der Waals surface area (Å²) in [5, 5.41) is 0. The summed E-state index contributed by atoms with van der Waals surface area (Å²) in [5.74, 6) is 0.781. The van der Waals surface area contributed by atoms with Crippen molar-refractivity contribution in [3.8, 4) is 0 Å². The number of hydrogen-bond donors (Lipinski definition) is 0. The molecule has 2 heterocycles. The highest BCUT2D eigenvalue weighted by Gasteiger charge is 2.51. The Morgan fingerprint density at radius 3 is 3.10 bits per heavy atom. The lowest BCUT2D eigenvalue weighted by Crippen LogP contribution is -2.18. The molecule has 1 amide bonds. The van der Waals surface area contributed by atoms with Crippen LogP contribution in [0, 0.1) is 5.92 Å². The van der Waals surface area contributed by atoms with Gasteiger partial charge in [0, 0.05) is 12.5 Å². The molecule has 2 aliphatic rings. The van der Waals surface area contributed by atoms with E-state index in [1.807, 2.05) is 11.0 Å². The Balaban J connectivity index is 2.11. The minimum atomic E-state index is 0.228. The molecule has 0 aromatic rings. The second-order valence-electron chi connectivity index (χ2n) is 3.02. The zero-order valence-corrected chi connectivity index (χ0v) is 5.92. The van der Waals surface area contributed by atoms with Gasteiger partial charge in [0.1, 0.15) is 6.04 Å². The van der Waals surface area contributed by atoms with Crippen LogP contribution in [0.25, 0.3) is 0 Å². The zero-order chi connectivity index (χ0) is 7.14. The minimum absolute atomic E-state index is 0.228. The molecule has 0 bridgehead atoms. The van der Waals surface area contributed by atoms with Gasteiger partial charge in [-0.25, -0.2) is 0 Å². The second-order valence-corrected chi connectivity index (χ2v) is 3.02. The number of hydrogen-bond acceptors (Lipinski definition) is 1. The van der Waals surface area contributed by atoms with Gasteiger partial charge in [0.25, 0.3) is 0 Å². The summed E-state index contributed by atoms with van der Waals surface area (Å²) in [6.07, 6.45) is 4.22. The molecule has 0 aliphatic carbocycles. The third-order valence-corrected chi connectivity index (χ3v) is 2.45. The Morgan fingerprint density at radius 2 is 2.50 bits per heavy atom. The van der Waals surface area contributed by atoms with Crippen LogP contribution in [0.5, 0.6) is 0 Å². The maximum absolute atomic E-state index is 11.0. The molecule has 0 saturated carbocycles. The van der Waals surface area contributed by atoms with Crippen LogP contribution in [-0.4, -0.2) is 23.4 Å². The Bertz CT molecular complexity index is 188. The number of rotatable bonds is 1. The molecule has 2 fully saturated rings. The zero-order valence-electron chi connectivity index (χ0n) is 5.92. The van der Waals surface area contributed by atoms with Crippen molar-refractivity contribution in [2.24, 2.45) is 5.92 Å². The molecule has 2 rings (SSSR count). The SMILES string of the molecule is C=C[C@H]1CCCN2C(=O)[C@H]12. The summed E-state index contributed by atoms with van der Waals surface area (Å²) in [6.45, 7) is 4.70. The van der Waals surface area contributed by atoms with Crippen LogP contribution < -0.4 is 0 Å². The lowest BCUT2D eigenvalue weighted by Gasteiger charge is -2.16. The maximum Gasteiger partial charge on any atom is 0.246 e. The Labute approximate surface area is 60.5 Å². The van der Waals surface area contributed by atoms with E-state index in [2.05, 4.69) is 6.58 Å². The van der Waals surface area contributed by atoms with E-state index in [0.717, 1.165) is 19.4 Å².